The predicted octanol–water partition coefficient (Wildman–Crippen LogP) is 3.79. The number of benzene rings is 1. The van der Waals surface area contributed by atoms with Crippen molar-refractivity contribution in [2.45, 2.75) is 32.7 Å². The number of aryl methyl sites for hydroxylation is 1. The average molecular weight is 276 g/mol. The van der Waals surface area contributed by atoms with Crippen LogP contribution in [0, 0.1) is 0 Å². The molecule has 4 heteroatoms. The second-order valence-electron chi connectivity index (χ2n) is 4.60. The molecule has 1 heterocycles. The van der Waals surface area contributed by atoms with Crippen molar-refractivity contribution < 1.29 is 4.74 Å². The standard InChI is InChI=1S/C15H20N2OS/c1-4-5-13-14(10(2)16)19-15(17-13)11-6-8-12(18-3)9-7-11/h6-10H,4-5,16H2,1-3H3. The van der Waals surface area contributed by atoms with E-state index >= 15 is 0 Å². The first kappa shape index (κ1) is 14.0. The Morgan fingerprint density at radius 2 is 2.00 bits per heavy atom. The summed E-state index contributed by atoms with van der Waals surface area (Å²) >= 11 is 1.70. The van der Waals surface area contributed by atoms with Gasteiger partial charge in [0.05, 0.1) is 12.8 Å². The van der Waals surface area contributed by atoms with Crippen molar-refractivity contribution in [1.82, 2.24) is 4.98 Å². The maximum absolute atomic E-state index is 6.03. The number of hydrogen-bond acceptors (Lipinski definition) is 4. The average Bonchev–Trinajstić information content (AvgIpc) is 2.83. The molecule has 2 N–H and O–H groups in total. The zero-order valence-electron chi connectivity index (χ0n) is 11.6. The molecule has 1 unspecified atom stereocenters. The number of nitrogens with zero attached hydrogens (tertiary/aromatic N) is 1. The lowest BCUT2D eigenvalue weighted by molar-refractivity contribution is 0.415. The molecule has 0 aliphatic rings. The Kier molecular flexibility index (Phi) is 4.56. The number of nitrogens with two attached hydrogens (primary N) is 1. The molecule has 19 heavy (non-hydrogen) atoms. The lowest BCUT2D eigenvalue weighted by atomic mass is 10.1. The molecular weight excluding hydrogens is 256 g/mol. The predicted molar refractivity (Wildman–Crippen MR) is 80.7 cm³/mol. The Bertz CT molecular complexity index is 532. The highest BCUT2D eigenvalue weighted by molar-refractivity contribution is 7.15. The highest BCUT2D eigenvalue weighted by Crippen LogP contribution is 2.32. The van der Waals surface area contributed by atoms with Crippen molar-refractivity contribution in [1.29, 1.82) is 0 Å². The van der Waals surface area contributed by atoms with Crippen LogP contribution in [0.2, 0.25) is 0 Å². The topological polar surface area (TPSA) is 48.1 Å². The number of rotatable bonds is 5. The first-order chi connectivity index (χ1) is 9.15. The van der Waals surface area contributed by atoms with Gasteiger partial charge in [-0.2, -0.15) is 0 Å². The number of aromatic nitrogens is 1. The first-order valence-electron chi connectivity index (χ1n) is 6.55. The molecule has 0 radical (unpaired) electrons. The van der Waals surface area contributed by atoms with Gasteiger partial charge >= 0.3 is 0 Å². The van der Waals surface area contributed by atoms with E-state index in [1.165, 1.54) is 4.88 Å². The molecule has 0 spiro atoms. The molecule has 0 saturated carbocycles. The van der Waals surface area contributed by atoms with Crippen LogP contribution in [0.15, 0.2) is 24.3 Å². The highest BCUT2D eigenvalue weighted by Gasteiger charge is 2.14. The van der Waals surface area contributed by atoms with E-state index in [-0.39, 0.29) is 6.04 Å². The first-order valence-corrected chi connectivity index (χ1v) is 7.37. The van der Waals surface area contributed by atoms with E-state index in [0.29, 0.717) is 0 Å². The van der Waals surface area contributed by atoms with Crippen LogP contribution in [0.25, 0.3) is 10.6 Å². The normalized spacial score (nSPS) is 12.4. The lowest BCUT2D eigenvalue weighted by Crippen LogP contribution is -2.05. The van der Waals surface area contributed by atoms with Crippen molar-refractivity contribution in [3.05, 3.63) is 34.8 Å². The minimum absolute atomic E-state index is 0.0473. The molecule has 0 amide bonds. The van der Waals surface area contributed by atoms with Gasteiger partial charge in [0.2, 0.25) is 0 Å². The molecule has 0 fully saturated rings. The van der Waals surface area contributed by atoms with Crippen LogP contribution in [0.5, 0.6) is 5.75 Å². The van der Waals surface area contributed by atoms with Gasteiger partial charge in [0.15, 0.2) is 0 Å². The summed E-state index contributed by atoms with van der Waals surface area (Å²) in [7, 11) is 1.67. The zero-order valence-corrected chi connectivity index (χ0v) is 12.5. The van der Waals surface area contributed by atoms with Crippen molar-refractivity contribution in [3.63, 3.8) is 0 Å². The molecule has 0 bridgehead atoms. The molecule has 1 aromatic carbocycles. The number of methoxy groups -OCH3 is 1. The van der Waals surface area contributed by atoms with Gasteiger partial charge in [0.1, 0.15) is 10.8 Å². The number of ether oxygens (including phenoxy) is 1. The van der Waals surface area contributed by atoms with Crippen molar-refractivity contribution in [2.24, 2.45) is 5.73 Å². The van der Waals surface area contributed by atoms with Crippen LogP contribution in [0.3, 0.4) is 0 Å². The Morgan fingerprint density at radius 3 is 2.53 bits per heavy atom. The minimum atomic E-state index is 0.0473. The zero-order chi connectivity index (χ0) is 13.8. The Morgan fingerprint density at radius 1 is 1.32 bits per heavy atom. The van der Waals surface area contributed by atoms with Crippen LogP contribution in [0.4, 0.5) is 0 Å². The lowest BCUT2D eigenvalue weighted by Gasteiger charge is -2.03. The van der Waals surface area contributed by atoms with Crippen molar-refractivity contribution in [2.75, 3.05) is 7.11 Å². The van der Waals surface area contributed by atoms with Crippen molar-refractivity contribution in [3.8, 4) is 16.3 Å². The fraction of sp³-hybridized carbons (Fsp3) is 0.400. The summed E-state index contributed by atoms with van der Waals surface area (Å²) in [6, 6.07) is 8.05. The van der Waals surface area contributed by atoms with E-state index < -0.39 is 0 Å². The molecule has 1 aromatic heterocycles. The third-order valence-corrected chi connectivity index (χ3v) is 4.31. The molecule has 102 valence electrons. The molecular formula is C15H20N2OS. The molecule has 0 aliphatic carbocycles. The summed E-state index contributed by atoms with van der Waals surface area (Å²) in [5, 5.41) is 1.04. The van der Waals surface area contributed by atoms with Crippen LogP contribution >= 0.6 is 11.3 Å². The van der Waals surface area contributed by atoms with Gasteiger partial charge in [-0.15, -0.1) is 11.3 Å². The summed E-state index contributed by atoms with van der Waals surface area (Å²) in [5.41, 5.74) is 8.30. The van der Waals surface area contributed by atoms with Gasteiger partial charge in [-0.3, -0.25) is 0 Å². The van der Waals surface area contributed by atoms with E-state index in [2.05, 4.69) is 6.92 Å². The van der Waals surface area contributed by atoms with Gasteiger partial charge < -0.3 is 10.5 Å². The number of thiazole rings is 1. The third kappa shape index (κ3) is 3.14. The van der Waals surface area contributed by atoms with Gasteiger partial charge in [0, 0.05) is 16.5 Å². The third-order valence-electron chi connectivity index (χ3n) is 2.96. The fourth-order valence-corrected chi connectivity index (χ4v) is 3.06. The molecule has 2 rings (SSSR count). The monoisotopic (exact) mass is 276 g/mol. The van der Waals surface area contributed by atoms with E-state index in [1.54, 1.807) is 18.4 Å². The SMILES string of the molecule is CCCc1nc(-c2ccc(OC)cc2)sc1C(C)N. The quantitative estimate of drug-likeness (QED) is 0.903. The van der Waals surface area contributed by atoms with Gasteiger partial charge in [-0.25, -0.2) is 4.98 Å². The van der Waals surface area contributed by atoms with Crippen LogP contribution in [-0.2, 0) is 6.42 Å². The van der Waals surface area contributed by atoms with Crippen LogP contribution < -0.4 is 10.5 Å². The van der Waals surface area contributed by atoms with E-state index in [0.717, 1.165) is 34.9 Å². The van der Waals surface area contributed by atoms with Gasteiger partial charge in [-0.1, -0.05) is 13.3 Å². The number of hydrogen-bond donors (Lipinski definition) is 1. The maximum Gasteiger partial charge on any atom is 0.123 e. The second-order valence-corrected chi connectivity index (χ2v) is 5.63. The summed E-state index contributed by atoms with van der Waals surface area (Å²) in [4.78, 5) is 5.95. The summed E-state index contributed by atoms with van der Waals surface area (Å²) in [5.74, 6) is 0.863. The molecule has 1 atom stereocenters. The maximum atomic E-state index is 6.03. The molecule has 3 nitrogen and oxygen atoms in total. The van der Waals surface area contributed by atoms with E-state index in [1.807, 2.05) is 31.2 Å². The largest absolute Gasteiger partial charge is 0.497 e. The summed E-state index contributed by atoms with van der Waals surface area (Å²) in [6.07, 6.45) is 2.08. The Labute approximate surface area is 118 Å². The van der Waals surface area contributed by atoms with E-state index in [4.69, 9.17) is 15.5 Å². The summed E-state index contributed by atoms with van der Waals surface area (Å²) in [6.45, 7) is 4.18. The Balaban J connectivity index is 2.35. The molecule has 2 aromatic rings. The van der Waals surface area contributed by atoms with Crippen LogP contribution in [-0.4, -0.2) is 12.1 Å². The van der Waals surface area contributed by atoms with E-state index in [9.17, 15) is 0 Å². The highest BCUT2D eigenvalue weighted by atomic mass is 32.1. The smallest absolute Gasteiger partial charge is 0.123 e. The van der Waals surface area contributed by atoms with Gasteiger partial charge in [-0.05, 0) is 37.6 Å². The molecule has 0 saturated heterocycles. The van der Waals surface area contributed by atoms with Gasteiger partial charge in [0.25, 0.3) is 0 Å². The fourth-order valence-electron chi connectivity index (χ4n) is 1.99. The van der Waals surface area contributed by atoms with Crippen LogP contribution in [0.1, 0.15) is 36.9 Å². The summed E-state index contributed by atoms with van der Waals surface area (Å²) < 4.78 is 5.17. The second kappa shape index (κ2) is 6.17. The van der Waals surface area contributed by atoms with Crippen molar-refractivity contribution >= 4 is 11.3 Å². The molecule has 0 aliphatic heterocycles. The Hall–Kier alpha value is -1.39. The minimum Gasteiger partial charge on any atom is -0.497 e.